The molecule has 0 aliphatic rings. The normalized spacial score (nSPS) is 11.2. The van der Waals surface area contributed by atoms with Gasteiger partial charge in [-0.3, -0.25) is 9.78 Å². The van der Waals surface area contributed by atoms with Crippen LogP contribution in [0.5, 0.6) is 0 Å². The molecule has 4 aromatic rings. The summed E-state index contributed by atoms with van der Waals surface area (Å²) in [6.07, 6.45) is 3.18. The minimum atomic E-state index is -1.08. The molecule has 1 atom stereocenters. The van der Waals surface area contributed by atoms with Gasteiger partial charge in [0.25, 0.3) is 5.56 Å². The maximum Gasteiger partial charge on any atom is 1.00 e. The average Bonchev–Trinajstić information content (AvgIpc) is 2.87. The molecule has 38 heavy (non-hydrogen) atoms. The van der Waals surface area contributed by atoms with E-state index < -0.39 is 5.97 Å². The number of carbonyl (C=O) groups excluding carboxylic acids is 2. The monoisotopic (exact) mass is 518 g/mol. The van der Waals surface area contributed by atoms with Gasteiger partial charge in [0.05, 0.1) is 29.7 Å². The molecular weight excluding hydrogens is 491 g/mol. The maximum atomic E-state index is 13.1. The number of aromatic nitrogens is 2. The molecule has 2 aromatic carbocycles. The average molecular weight is 519 g/mol. The van der Waals surface area contributed by atoms with Crippen molar-refractivity contribution in [3.8, 4) is 11.3 Å². The maximum absolute atomic E-state index is 13.1. The van der Waals surface area contributed by atoms with Gasteiger partial charge in [0.15, 0.2) is 0 Å². The first kappa shape index (κ1) is 28.8. The molecule has 0 saturated heterocycles. The van der Waals surface area contributed by atoms with Gasteiger partial charge < -0.3 is 25.1 Å². The largest absolute Gasteiger partial charge is 1.00 e. The Bertz CT molecular complexity index is 1470. The molecule has 0 aliphatic heterocycles. The molecule has 8 nitrogen and oxygen atoms in total. The molecule has 2 aromatic heterocycles. The number of urea groups is 1. The van der Waals surface area contributed by atoms with Crippen LogP contribution in [0.2, 0.25) is 0 Å². The van der Waals surface area contributed by atoms with Crippen molar-refractivity contribution in [1.82, 2.24) is 9.55 Å². The number of para-hydroxylation sites is 1. The number of carboxylic acid groups (broad SMARTS) is 1. The molecule has 2 amide bonds. The molecule has 4 rings (SSSR count). The van der Waals surface area contributed by atoms with Crippen molar-refractivity contribution in [2.24, 2.45) is 0 Å². The second-order valence-corrected chi connectivity index (χ2v) is 8.90. The summed E-state index contributed by atoms with van der Waals surface area (Å²) in [6, 6.07) is 21.5. The van der Waals surface area contributed by atoms with Crippen molar-refractivity contribution in [3.63, 3.8) is 0 Å². The van der Waals surface area contributed by atoms with Gasteiger partial charge >= 0.3 is 35.6 Å². The van der Waals surface area contributed by atoms with Crippen LogP contribution in [0.15, 0.2) is 90.0 Å². The first-order valence-corrected chi connectivity index (χ1v) is 11.9. The van der Waals surface area contributed by atoms with Gasteiger partial charge in [0.1, 0.15) is 0 Å². The summed E-state index contributed by atoms with van der Waals surface area (Å²) in [4.78, 5) is 40.7. The molecule has 0 aliphatic carbocycles. The Morgan fingerprint density at radius 2 is 1.71 bits per heavy atom. The van der Waals surface area contributed by atoms with E-state index in [9.17, 15) is 19.5 Å². The zero-order valence-electron chi connectivity index (χ0n) is 21.6. The molecule has 0 spiro atoms. The first-order chi connectivity index (χ1) is 17.8. The predicted octanol–water partition coefficient (Wildman–Crippen LogP) is 1.16. The van der Waals surface area contributed by atoms with Crippen LogP contribution in [-0.2, 0) is 11.3 Å². The van der Waals surface area contributed by atoms with Gasteiger partial charge in [-0.1, -0.05) is 49.4 Å². The number of nitrogens with zero attached hydrogens (tertiary/aromatic N) is 2. The van der Waals surface area contributed by atoms with E-state index >= 15 is 0 Å². The molecule has 2 N–H and O–H groups in total. The van der Waals surface area contributed by atoms with Gasteiger partial charge in [0, 0.05) is 17.9 Å². The molecule has 188 valence electrons. The van der Waals surface area contributed by atoms with Crippen LogP contribution in [-0.4, -0.2) is 21.6 Å². The Kier molecular flexibility index (Phi) is 10.0. The molecule has 0 unspecified atom stereocenters. The van der Waals surface area contributed by atoms with Crippen LogP contribution in [0.3, 0.4) is 0 Å². The Balaban J connectivity index is 0.00000400. The summed E-state index contributed by atoms with van der Waals surface area (Å²) >= 11 is 0. The van der Waals surface area contributed by atoms with Crippen LogP contribution in [0.25, 0.3) is 11.3 Å². The first-order valence-electron chi connectivity index (χ1n) is 11.9. The van der Waals surface area contributed by atoms with E-state index in [2.05, 4.69) is 15.6 Å². The Hall–Kier alpha value is -3.72. The van der Waals surface area contributed by atoms with Crippen LogP contribution in [0.1, 0.15) is 36.0 Å². The number of rotatable bonds is 8. The molecule has 9 heteroatoms. The second kappa shape index (κ2) is 13.2. The van der Waals surface area contributed by atoms with Gasteiger partial charge in [-0.25, -0.2) is 4.79 Å². The summed E-state index contributed by atoms with van der Waals surface area (Å²) in [5.74, 6) is -1.23. The quantitative estimate of drug-likeness (QED) is 0.340. The van der Waals surface area contributed by atoms with E-state index in [-0.39, 0.29) is 53.5 Å². The second-order valence-electron chi connectivity index (χ2n) is 8.90. The van der Waals surface area contributed by atoms with E-state index in [0.29, 0.717) is 23.5 Å². The topological polar surface area (TPSA) is 116 Å². The molecule has 0 radical (unpaired) electrons. The fourth-order valence-electron chi connectivity index (χ4n) is 4.00. The van der Waals surface area contributed by atoms with E-state index in [0.717, 1.165) is 22.4 Å². The number of hydrogen-bond donors (Lipinski definition) is 2. The summed E-state index contributed by atoms with van der Waals surface area (Å²) in [6.45, 7) is 4.11. The Morgan fingerprint density at radius 1 is 0.974 bits per heavy atom. The summed E-state index contributed by atoms with van der Waals surface area (Å²) in [5, 5.41) is 16.4. The van der Waals surface area contributed by atoms with E-state index in [1.54, 1.807) is 35.0 Å². The fourth-order valence-corrected chi connectivity index (χ4v) is 4.00. The SMILES string of the molecule is Cc1ccccc1NC(=O)Nc1ccc(-c2cccn(Cc3ccc([C@@H](C)CC(=O)[O-])cc3)c2=O)nc1.[Na+]. The van der Waals surface area contributed by atoms with Crippen molar-refractivity contribution < 1.29 is 44.3 Å². The Morgan fingerprint density at radius 3 is 2.37 bits per heavy atom. The number of aryl methyl sites for hydroxylation is 1. The molecular formula is C29H27N4NaO4. The Labute approximate surface area is 243 Å². The number of carboxylic acids is 1. The van der Waals surface area contributed by atoms with Crippen LogP contribution in [0, 0.1) is 6.92 Å². The van der Waals surface area contributed by atoms with E-state index in [1.807, 2.05) is 62.4 Å². The molecule has 0 bridgehead atoms. The van der Waals surface area contributed by atoms with Gasteiger partial charge in [-0.15, -0.1) is 0 Å². The van der Waals surface area contributed by atoms with Crippen LogP contribution >= 0.6 is 0 Å². The molecule has 2 heterocycles. The fraction of sp³-hybridized carbons (Fsp3) is 0.172. The number of anilines is 2. The van der Waals surface area contributed by atoms with Crippen molar-refractivity contribution >= 4 is 23.4 Å². The van der Waals surface area contributed by atoms with Crippen molar-refractivity contribution in [2.75, 3.05) is 10.6 Å². The zero-order chi connectivity index (χ0) is 26.4. The van der Waals surface area contributed by atoms with Crippen molar-refractivity contribution in [2.45, 2.75) is 32.7 Å². The van der Waals surface area contributed by atoms with Crippen LogP contribution < -0.4 is 50.9 Å². The van der Waals surface area contributed by atoms with E-state index in [1.165, 1.54) is 6.20 Å². The van der Waals surface area contributed by atoms with Gasteiger partial charge in [-0.05, 0) is 66.3 Å². The third-order valence-electron chi connectivity index (χ3n) is 6.09. The number of carbonyl (C=O) groups is 2. The molecule has 0 fully saturated rings. The van der Waals surface area contributed by atoms with Gasteiger partial charge in [0.2, 0.25) is 0 Å². The van der Waals surface area contributed by atoms with Gasteiger partial charge in [-0.2, -0.15) is 0 Å². The van der Waals surface area contributed by atoms with Crippen molar-refractivity contribution in [3.05, 3.63) is 112 Å². The number of aliphatic carboxylic acids is 1. The summed E-state index contributed by atoms with van der Waals surface area (Å²) in [5.41, 5.74) is 4.73. The van der Waals surface area contributed by atoms with Crippen LogP contribution in [0.4, 0.5) is 16.2 Å². The number of benzene rings is 2. The minimum Gasteiger partial charge on any atom is -0.550 e. The number of amides is 2. The zero-order valence-corrected chi connectivity index (χ0v) is 23.6. The summed E-state index contributed by atoms with van der Waals surface area (Å²) in [7, 11) is 0. The molecule has 0 saturated carbocycles. The summed E-state index contributed by atoms with van der Waals surface area (Å²) < 4.78 is 1.60. The smallest absolute Gasteiger partial charge is 0.550 e. The number of pyridine rings is 2. The standard InChI is InChI=1S/C29H28N4O4.Na/c1-19-6-3-4-8-25(19)32-29(37)31-23-13-14-26(30-17-23)24-7-5-15-33(28(24)36)18-21-9-11-22(12-10-21)20(2)16-27(34)35;/h3-15,17,20H,16,18H2,1-2H3,(H,34,35)(H2,31,32,37);/q;+1/p-1/t20-;/m0./s1. The minimum absolute atomic E-state index is 0. The van der Waals surface area contributed by atoms with E-state index in [4.69, 9.17) is 0 Å². The number of nitrogens with one attached hydrogen (secondary N) is 2. The number of hydrogen-bond acceptors (Lipinski definition) is 5. The predicted molar refractivity (Wildman–Crippen MR) is 141 cm³/mol. The third kappa shape index (κ3) is 7.41. The third-order valence-corrected chi connectivity index (χ3v) is 6.09. The van der Waals surface area contributed by atoms with Crippen molar-refractivity contribution in [1.29, 1.82) is 0 Å².